The van der Waals surface area contributed by atoms with Crippen molar-refractivity contribution in [1.29, 1.82) is 0 Å². The van der Waals surface area contributed by atoms with Crippen molar-refractivity contribution in [2.24, 2.45) is 0 Å². The first kappa shape index (κ1) is 18.8. The third kappa shape index (κ3) is 3.46. The fourth-order valence-corrected chi connectivity index (χ4v) is 4.64. The van der Waals surface area contributed by atoms with E-state index in [-0.39, 0.29) is 23.6 Å². The molecule has 2 aliphatic heterocycles. The number of hydrogen-bond donors (Lipinski definition) is 0. The van der Waals surface area contributed by atoms with E-state index in [2.05, 4.69) is 11.5 Å². The molecular formula is C21H23N3O3S. The molecule has 2 fully saturated rings. The molecule has 3 amide bonds. The molecule has 7 heteroatoms. The van der Waals surface area contributed by atoms with Crippen molar-refractivity contribution in [1.82, 2.24) is 14.4 Å². The number of likely N-dealkylation sites (tertiary alicyclic amines) is 1. The van der Waals surface area contributed by atoms with Gasteiger partial charge in [0.15, 0.2) is 0 Å². The number of rotatable bonds is 4. The van der Waals surface area contributed by atoms with E-state index in [0.29, 0.717) is 18.0 Å². The average molecular weight is 398 g/mol. The van der Waals surface area contributed by atoms with Crippen LogP contribution in [0.25, 0.3) is 17.0 Å². The van der Waals surface area contributed by atoms with Gasteiger partial charge in [0.25, 0.3) is 11.1 Å². The summed E-state index contributed by atoms with van der Waals surface area (Å²) in [6.45, 7) is 4.14. The lowest BCUT2D eigenvalue weighted by molar-refractivity contribution is -0.136. The topological polar surface area (TPSA) is 62.6 Å². The number of para-hydroxylation sites is 1. The summed E-state index contributed by atoms with van der Waals surface area (Å²) in [5.41, 5.74) is 2.00. The van der Waals surface area contributed by atoms with Crippen LogP contribution in [0.4, 0.5) is 4.79 Å². The quantitative estimate of drug-likeness (QED) is 0.738. The number of carbonyl (C=O) groups excluding carboxylic acids is 3. The molecule has 1 aromatic heterocycles. The van der Waals surface area contributed by atoms with Gasteiger partial charge in [-0.3, -0.25) is 19.3 Å². The van der Waals surface area contributed by atoms with Crippen molar-refractivity contribution in [3.63, 3.8) is 0 Å². The minimum Gasteiger partial charge on any atom is -0.347 e. The molecule has 0 spiro atoms. The molecule has 1 aromatic carbocycles. The third-order valence-corrected chi connectivity index (χ3v) is 6.23. The number of hydrogen-bond acceptors (Lipinski definition) is 4. The maximum atomic E-state index is 12.8. The maximum Gasteiger partial charge on any atom is 0.294 e. The molecule has 28 heavy (non-hydrogen) atoms. The summed E-state index contributed by atoms with van der Waals surface area (Å²) < 4.78 is 2.12. The molecule has 0 radical (unpaired) electrons. The number of aryl methyl sites for hydroxylation is 1. The molecule has 0 aliphatic carbocycles. The zero-order valence-corrected chi connectivity index (χ0v) is 16.7. The molecule has 0 N–H and O–H groups in total. The number of aromatic nitrogens is 1. The van der Waals surface area contributed by atoms with Gasteiger partial charge in [-0.15, -0.1) is 0 Å². The Hall–Kier alpha value is -2.54. The van der Waals surface area contributed by atoms with Crippen molar-refractivity contribution in [3.05, 3.63) is 40.9 Å². The fourth-order valence-electron chi connectivity index (χ4n) is 3.81. The molecule has 3 heterocycles. The smallest absolute Gasteiger partial charge is 0.294 e. The fraction of sp³-hybridized carbons (Fsp3) is 0.381. The Labute approximate surface area is 168 Å². The number of thioether (sulfide) groups is 1. The normalized spacial score (nSPS) is 19.2. The van der Waals surface area contributed by atoms with E-state index in [1.165, 1.54) is 0 Å². The molecule has 0 unspecified atom stereocenters. The van der Waals surface area contributed by atoms with Crippen LogP contribution in [-0.2, 0) is 16.1 Å². The minimum absolute atomic E-state index is 0.147. The van der Waals surface area contributed by atoms with Crippen LogP contribution in [0.2, 0.25) is 0 Å². The third-order valence-electron chi connectivity index (χ3n) is 5.32. The maximum absolute atomic E-state index is 12.8. The van der Waals surface area contributed by atoms with Gasteiger partial charge < -0.3 is 9.47 Å². The SMILES string of the molecule is CCn1cc(/C=C2\SC(=O)N(CC(=O)N3CCCCC3)C2=O)c2ccccc21. The van der Waals surface area contributed by atoms with Crippen LogP contribution in [0.5, 0.6) is 0 Å². The van der Waals surface area contributed by atoms with Crippen LogP contribution in [0.3, 0.4) is 0 Å². The van der Waals surface area contributed by atoms with Gasteiger partial charge in [0.05, 0.1) is 4.91 Å². The summed E-state index contributed by atoms with van der Waals surface area (Å²) in [7, 11) is 0. The van der Waals surface area contributed by atoms with Crippen LogP contribution in [0.1, 0.15) is 31.7 Å². The predicted molar refractivity (Wildman–Crippen MR) is 111 cm³/mol. The lowest BCUT2D eigenvalue weighted by Gasteiger charge is -2.27. The number of carbonyl (C=O) groups is 3. The van der Waals surface area contributed by atoms with Crippen LogP contribution >= 0.6 is 11.8 Å². The van der Waals surface area contributed by atoms with E-state index in [1.807, 2.05) is 30.5 Å². The number of amides is 3. The van der Waals surface area contributed by atoms with E-state index in [4.69, 9.17) is 0 Å². The van der Waals surface area contributed by atoms with Crippen molar-refractivity contribution >= 4 is 45.8 Å². The van der Waals surface area contributed by atoms with Crippen LogP contribution in [0, 0.1) is 0 Å². The summed E-state index contributed by atoms with van der Waals surface area (Å²) >= 11 is 0.909. The molecule has 6 nitrogen and oxygen atoms in total. The number of fused-ring (bicyclic) bond motifs is 1. The molecular weight excluding hydrogens is 374 g/mol. The minimum atomic E-state index is -0.381. The highest BCUT2D eigenvalue weighted by Crippen LogP contribution is 2.34. The van der Waals surface area contributed by atoms with Crippen molar-refractivity contribution in [2.75, 3.05) is 19.6 Å². The van der Waals surface area contributed by atoms with E-state index < -0.39 is 0 Å². The summed E-state index contributed by atoms with van der Waals surface area (Å²) in [6, 6.07) is 8.00. The van der Waals surface area contributed by atoms with Gasteiger partial charge in [0.2, 0.25) is 5.91 Å². The number of piperidine rings is 1. The summed E-state index contributed by atoms with van der Waals surface area (Å²) in [4.78, 5) is 40.8. The van der Waals surface area contributed by atoms with Gasteiger partial charge in [-0.05, 0) is 50.1 Å². The highest BCUT2D eigenvalue weighted by atomic mass is 32.2. The largest absolute Gasteiger partial charge is 0.347 e. The van der Waals surface area contributed by atoms with Gasteiger partial charge in [-0.2, -0.15) is 0 Å². The van der Waals surface area contributed by atoms with Crippen LogP contribution < -0.4 is 0 Å². The molecule has 2 aliphatic rings. The van der Waals surface area contributed by atoms with Gasteiger partial charge in [0, 0.05) is 42.3 Å². The van der Waals surface area contributed by atoms with Crippen LogP contribution in [0.15, 0.2) is 35.4 Å². The summed E-state index contributed by atoms with van der Waals surface area (Å²) in [5, 5.41) is 0.668. The summed E-state index contributed by atoms with van der Waals surface area (Å²) in [5.74, 6) is -0.528. The van der Waals surface area contributed by atoms with Crippen LogP contribution in [-0.4, -0.2) is 51.1 Å². The van der Waals surface area contributed by atoms with Gasteiger partial charge in [0.1, 0.15) is 6.54 Å². The molecule has 0 bridgehead atoms. The summed E-state index contributed by atoms with van der Waals surface area (Å²) in [6.07, 6.45) is 6.85. The monoisotopic (exact) mass is 397 g/mol. The average Bonchev–Trinajstić information content (AvgIpc) is 3.21. The molecule has 2 saturated heterocycles. The van der Waals surface area contributed by atoms with Crippen molar-refractivity contribution < 1.29 is 14.4 Å². The van der Waals surface area contributed by atoms with Gasteiger partial charge >= 0.3 is 0 Å². The Balaban J connectivity index is 1.56. The molecule has 146 valence electrons. The Morgan fingerprint density at radius 2 is 1.89 bits per heavy atom. The number of nitrogens with zero attached hydrogens (tertiary/aromatic N) is 3. The van der Waals surface area contributed by atoms with Gasteiger partial charge in [-0.1, -0.05) is 18.2 Å². The zero-order valence-electron chi connectivity index (χ0n) is 15.9. The second-order valence-electron chi connectivity index (χ2n) is 7.10. The van der Waals surface area contributed by atoms with Crippen molar-refractivity contribution in [2.45, 2.75) is 32.7 Å². The van der Waals surface area contributed by atoms with E-state index in [9.17, 15) is 14.4 Å². The zero-order chi connectivity index (χ0) is 19.7. The van der Waals surface area contributed by atoms with E-state index in [1.54, 1.807) is 11.0 Å². The standard InChI is InChI=1S/C21H23N3O3S/c1-2-22-13-15(16-8-4-5-9-17(16)22)12-18-20(26)24(21(27)28-18)14-19(25)23-10-6-3-7-11-23/h4-5,8-9,12-13H,2-3,6-7,10-11,14H2,1H3/b18-12-. The molecule has 2 aromatic rings. The van der Waals surface area contributed by atoms with E-state index in [0.717, 1.165) is 58.9 Å². The lowest BCUT2D eigenvalue weighted by atomic mass is 10.1. The first-order chi connectivity index (χ1) is 13.6. The van der Waals surface area contributed by atoms with Crippen molar-refractivity contribution in [3.8, 4) is 0 Å². The predicted octanol–water partition coefficient (Wildman–Crippen LogP) is 3.71. The Morgan fingerprint density at radius 3 is 2.64 bits per heavy atom. The molecule has 4 rings (SSSR count). The highest BCUT2D eigenvalue weighted by Gasteiger charge is 2.37. The van der Waals surface area contributed by atoms with E-state index >= 15 is 0 Å². The Bertz CT molecular complexity index is 972. The first-order valence-electron chi connectivity index (χ1n) is 9.69. The second-order valence-corrected chi connectivity index (χ2v) is 8.09. The lowest BCUT2D eigenvalue weighted by Crippen LogP contribution is -2.44. The second kappa shape index (κ2) is 7.83. The first-order valence-corrected chi connectivity index (χ1v) is 10.5. The highest BCUT2D eigenvalue weighted by molar-refractivity contribution is 8.18. The number of benzene rings is 1. The molecule has 0 atom stereocenters. The molecule has 0 saturated carbocycles. The Kier molecular flexibility index (Phi) is 5.26. The number of imide groups is 1. The van der Waals surface area contributed by atoms with Gasteiger partial charge in [-0.25, -0.2) is 0 Å². The Morgan fingerprint density at radius 1 is 1.14 bits per heavy atom.